The van der Waals surface area contributed by atoms with Gasteiger partial charge in [-0.25, -0.2) is 4.79 Å². The van der Waals surface area contributed by atoms with Crippen LogP contribution in [0.25, 0.3) is 0 Å². The summed E-state index contributed by atoms with van der Waals surface area (Å²) in [6.07, 6.45) is 0.718. The number of hydrogen-bond donors (Lipinski definition) is 0. The fourth-order valence-corrected chi connectivity index (χ4v) is 3.28. The van der Waals surface area contributed by atoms with Crippen molar-refractivity contribution in [2.45, 2.75) is 6.42 Å². The number of rotatable bonds is 7. The molecule has 144 valence electrons. The molecule has 0 spiro atoms. The minimum atomic E-state index is -0.326. The molecule has 3 rings (SSSR count). The van der Waals surface area contributed by atoms with Gasteiger partial charge in [0.05, 0.1) is 12.7 Å². The van der Waals surface area contributed by atoms with Crippen LogP contribution in [0.1, 0.15) is 21.5 Å². The molecule has 0 atom stereocenters. The molecule has 0 bridgehead atoms. The van der Waals surface area contributed by atoms with E-state index in [1.165, 1.54) is 12.7 Å². The maximum atomic E-state index is 11.9. The second-order valence-corrected chi connectivity index (χ2v) is 6.97. The van der Waals surface area contributed by atoms with Crippen LogP contribution >= 0.6 is 0 Å². The minimum Gasteiger partial charge on any atom is -0.492 e. The Bertz CT molecular complexity index is 740. The van der Waals surface area contributed by atoms with Crippen LogP contribution < -0.4 is 4.74 Å². The Balaban J connectivity index is 1.68. The van der Waals surface area contributed by atoms with E-state index < -0.39 is 0 Å². The van der Waals surface area contributed by atoms with Gasteiger partial charge in [-0.2, -0.15) is 0 Å². The summed E-state index contributed by atoms with van der Waals surface area (Å²) in [4.78, 5) is 16.7. The highest BCUT2D eigenvalue weighted by atomic mass is 16.5. The van der Waals surface area contributed by atoms with E-state index in [4.69, 9.17) is 9.47 Å². The Morgan fingerprint density at radius 3 is 2.48 bits per heavy atom. The van der Waals surface area contributed by atoms with Crippen molar-refractivity contribution in [3.8, 4) is 5.75 Å². The minimum absolute atomic E-state index is 0.326. The third-order valence-electron chi connectivity index (χ3n) is 4.98. The molecule has 0 amide bonds. The molecule has 1 heterocycles. The average Bonchev–Trinajstić information content (AvgIpc) is 2.70. The van der Waals surface area contributed by atoms with Crippen LogP contribution in [-0.2, 0) is 11.2 Å². The predicted molar refractivity (Wildman–Crippen MR) is 106 cm³/mol. The summed E-state index contributed by atoms with van der Waals surface area (Å²) in [7, 11) is 3.56. The van der Waals surface area contributed by atoms with E-state index in [-0.39, 0.29) is 5.97 Å². The summed E-state index contributed by atoms with van der Waals surface area (Å²) in [5, 5.41) is 0. The number of methoxy groups -OCH3 is 1. The fraction of sp³-hybridized carbons (Fsp3) is 0.409. The van der Waals surface area contributed by atoms with Gasteiger partial charge in [0.2, 0.25) is 0 Å². The van der Waals surface area contributed by atoms with Gasteiger partial charge in [0.15, 0.2) is 0 Å². The third kappa shape index (κ3) is 5.55. The normalized spacial score (nSPS) is 15.5. The molecule has 1 fully saturated rings. The summed E-state index contributed by atoms with van der Waals surface area (Å²) in [5.74, 6) is 0.508. The highest BCUT2D eigenvalue weighted by molar-refractivity contribution is 5.89. The smallest absolute Gasteiger partial charge is 0.337 e. The van der Waals surface area contributed by atoms with Crippen molar-refractivity contribution in [2.75, 3.05) is 53.5 Å². The maximum Gasteiger partial charge on any atom is 0.337 e. The number of piperazine rings is 1. The molecule has 1 aliphatic rings. The van der Waals surface area contributed by atoms with E-state index >= 15 is 0 Å². The number of carbonyl (C=O) groups excluding carboxylic acids is 1. The lowest BCUT2D eigenvalue weighted by molar-refractivity contribution is 0.0600. The molecule has 2 aromatic carbocycles. The van der Waals surface area contributed by atoms with Crippen LogP contribution in [0.3, 0.4) is 0 Å². The molecular formula is C22H28N2O3. The number of esters is 1. The topological polar surface area (TPSA) is 42.0 Å². The number of nitrogens with zero attached hydrogens (tertiary/aromatic N) is 2. The van der Waals surface area contributed by atoms with Gasteiger partial charge in [-0.3, -0.25) is 4.90 Å². The van der Waals surface area contributed by atoms with E-state index in [0.717, 1.165) is 50.5 Å². The molecule has 5 heteroatoms. The van der Waals surface area contributed by atoms with E-state index in [0.29, 0.717) is 12.2 Å². The van der Waals surface area contributed by atoms with Gasteiger partial charge >= 0.3 is 5.97 Å². The highest BCUT2D eigenvalue weighted by Crippen LogP contribution is 2.24. The molecule has 1 aliphatic heterocycles. The van der Waals surface area contributed by atoms with E-state index in [1.807, 2.05) is 30.3 Å². The Morgan fingerprint density at radius 2 is 1.78 bits per heavy atom. The molecule has 0 aliphatic carbocycles. The zero-order valence-electron chi connectivity index (χ0n) is 16.2. The first kappa shape index (κ1) is 19.4. The second kappa shape index (κ2) is 9.53. The molecular weight excluding hydrogens is 340 g/mol. The summed E-state index contributed by atoms with van der Waals surface area (Å²) in [5.41, 5.74) is 2.74. The van der Waals surface area contributed by atoms with Crippen LogP contribution in [0.4, 0.5) is 0 Å². The molecule has 0 aromatic heterocycles. The molecule has 5 nitrogen and oxygen atoms in total. The number of benzene rings is 2. The average molecular weight is 368 g/mol. The van der Waals surface area contributed by atoms with Crippen molar-refractivity contribution in [1.82, 2.24) is 9.80 Å². The Hall–Kier alpha value is -2.37. The lowest BCUT2D eigenvalue weighted by atomic mass is 10.0. The highest BCUT2D eigenvalue weighted by Gasteiger charge is 2.15. The number of ether oxygens (including phenoxy) is 2. The van der Waals surface area contributed by atoms with Gasteiger partial charge in [0.1, 0.15) is 12.4 Å². The van der Waals surface area contributed by atoms with E-state index in [2.05, 4.69) is 29.0 Å². The van der Waals surface area contributed by atoms with Gasteiger partial charge in [-0.15, -0.1) is 0 Å². The fourth-order valence-electron chi connectivity index (χ4n) is 3.28. The first-order chi connectivity index (χ1) is 13.2. The lowest BCUT2D eigenvalue weighted by Gasteiger charge is -2.32. The molecule has 0 saturated carbocycles. The SMILES string of the molecule is COC(=O)c1ccc(OCCN2CCN(C)CC2)c(Cc2ccccc2)c1. The first-order valence-corrected chi connectivity index (χ1v) is 9.44. The molecule has 0 unspecified atom stereocenters. The van der Waals surface area contributed by atoms with Crippen molar-refractivity contribution in [1.29, 1.82) is 0 Å². The molecule has 0 N–H and O–H groups in total. The monoisotopic (exact) mass is 368 g/mol. The Kier molecular flexibility index (Phi) is 6.85. The van der Waals surface area contributed by atoms with Crippen LogP contribution in [0.2, 0.25) is 0 Å². The van der Waals surface area contributed by atoms with Crippen molar-refractivity contribution < 1.29 is 14.3 Å². The largest absolute Gasteiger partial charge is 0.492 e. The van der Waals surface area contributed by atoms with Gasteiger partial charge in [0.25, 0.3) is 0 Å². The zero-order chi connectivity index (χ0) is 19.1. The lowest BCUT2D eigenvalue weighted by Crippen LogP contribution is -2.45. The number of likely N-dealkylation sites (N-methyl/N-ethyl adjacent to an activating group) is 1. The van der Waals surface area contributed by atoms with Crippen LogP contribution in [0.5, 0.6) is 5.75 Å². The molecule has 27 heavy (non-hydrogen) atoms. The maximum absolute atomic E-state index is 11.9. The van der Waals surface area contributed by atoms with Crippen molar-refractivity contribution in [3.05, 3.63) is 65.2 Å². The molecule has 0 radical (unpaired) electrons. The van der Waals surface area contributed by atoms with Crippen molar-refractivity contribution in [3.63, 3.8) is 0 Å². The third-order valence-corrected chi connectivity index (χ3v) is 4.98. The number of carbonyl (C=O) groups is 1. The van der Waals surface area contributed by atoms with Crippen LogP contribution in [-0.4, -0.2) is 69.3 Å². The van der Waals surface area contributed by atoms with Gasteiger partial charge < -0.3 is 14.4 Å². The summed E-state index contributed by atoms with van der Waals surface area (Å²) in [6.45, 7) is 5.93. The van der Waals surface area contributed by atoms with E-state index in [9.17, 15) is 4.79 Å². The molecule has 2 aromatic rings. The number of hydrogen-bond acceptors (Lipinski definition) is 5. The Morgan fingerprint density at radius 1 is 1.04 bits per heavy atom. The van der Waals surface area contributed by atoms with Crippen LogP contribution in [0.15, 0.2) is 48.5 Å². The Labute approximate surface area is 161 Å². The van der Waals surface area contributed by atoms with Gasteiger partial charge in [-0.05, 0) is 36.4 Å². The van der Waals surface area contributed by atoms with Crippen molar-refractivity contribution in [2.24, 2.45) is 0 Å². The first-order valence-electron chi connectivity index (χ1n) is 9.44. The van der Waals surface area contributed by atoms with Crippen LogP contribution in [0, 0.1) is 0 Å². The second-order valence-electron chi connectivity index (χ2n) is 6.97. The summed E-state index contributed by atoms with van der Waals surface area (Å²) >= 11 is 0. The zero-order valence-corrected chi connectivity index (χ0v) is 16.2. The van der Waals surface area contributed by atoms with E-state index in [1.54, 1.807) is 6.07 Å². The predicted octanol–water partition coefficient (Wildman–Crippen LogP) is 2.69. The van der Waals surface area contributed by atoms with Gasteiger partial charge in [0, 0.05) is 39.1 Å². The standard InChI is InChI=1S/C22H28N2O3/c1-23-10-12-24(13-11-23)14-15-27-21-9-8-19(22(25)26-2)17-20(21)16-18-6-4-3-5-7-18/h3-9,17H,10-16H2,1-2H3. The summed E-state index contributed by atoms with van der Waals surface area (Å²) in [6, 6.07) is 15.7. The van der Waals surface area contributed by atoms with Gasteiger partial charge in [-0.1, -0.05) is 30.3 Å². The molecule has 1 saturated heterocycles. The summed E-state index contributed by atoms with van der Waals surface area (Å²) < 4.78 is 11.0. The quantitative estimate of drug-likeness (QED) is 0.703. The van der Waals surface area contributed by atoms with Crippen molar-refractivity contribution >= 4 is 5.97 Å².